The van der Waals surface area contributed by atoms with E-state index in [0.29, 0.717) is 25.4 Å². The van der Waals surface area contributed by atoms with E-state index in [1.165, 1.54) is 6.07 Å². The van der Waals surface area contributed by atoms with Gasteiger partial charge in [0.15, 0.2) is 0 Å². The van der Waals surface area contributed by atoms with Gasteiger partial charge in [0.1, 0.15) is 11.9 Å². The fraction of sp³-hybridized carbons (Fsp3) is 0.556. The molecule has 2 unspecified atom stereocenters. The van der Waals surface area contributed by atoms with Gasteiger partial charge in [-0.3, -0.25) is 0 Å². The number of hydrogen-bond acceptors (Lipinski definition) is 5. The van der Waals surface area contributed by atoms with E-state index in [-0.39, 0.29) is 15.8 Å². The van der Waals surface area contributed by atoms with Crippen LogP contribution in [-0.4, -0.2) is 46.3 Å². The van der Waals surface area contributed by atoms with Crippen molar-refractivity contribution in [3.8, 4) is 5.75 Å². The molecule has 0 radical (unpaired) electrons. The molecule has 0 saturated heterocycles. The number of carboxylic acids is 2. The van der Waals surface area contributed by atoms with Crippen molar-refractivity contribution in [2.24, 2.45) is 5.92 Å². The third-order valence-electron chi connectivity index (χ3n) is 3.67. The monoisotopic (exact) mass is 432 g/mol. The van der Waals surface area contributed by atoms with Gasteiger partial charge >= 0.3 is 11.9 Å². The van der Waals surface area contributed by atoms with Crippen LogP contribution >= 0.6 is 15.9 Å². The van der Waals surface area contributed by atoms with E-state index in [2.05, 4.69) is 15.9 Å². The molecule has 0 heterocycles. The van der Waals surface area contributed by atoms with Gasteiger partial charge in [0.25, 0.3) is 0 Å². The molecule has 0 bridgehead atoms. The first-order chi connectivity index (χ1) is 12.2. The summed E-state index contributed by atoms with van der Waals surface area (Å²) in [7, 11) is 0. The van der Waals surface area contributed by atoms with E-state index in [1.54, 1.807) is 0 Å². The van der Waals surface area contributed by atoms with Crippen LogP contribution in [0.5, 0.6) is 5.75 Å². The summed E-state index contributed by atoms with van der Waals surface area (Å²) in [5.74, 6) is -2.24. The number of ether oxygens (including phenoxy) is 2. The predicted molar refractivity (Wildman–Crippen MR) is 98.8 cm³/mol. The number of carbonyl (C=O) groups is 2. The second kappa shape index (κ2) is 10.5. The van der Waals surface area contributed by atoms with Gasteiger partial charge in [-0.25, -0.2) is 9.59 Å². The molecular formula is C18H25BrO7. The summed E-state index contributed by atoms with van der Waals surface area (Å²) < 4.78 is 11.3. The Morgan fingerprint density at radius 2 is 1.81 bits per heavy atom. The Morgan fingerprint density at radius 3 is 2.31 bits per heavy atom. The molecule has 146 valence electrons. The smallest absolute Gasteiger partial charge is 0.337 e. The quantitative estimate of drug-likeness (QED) is 0.455. The highest BCUT2D eigenvalue weighted by atomic mass is 79.9. The van der Waals surface area contributed by atoms with Crippen LogP contribution in [0, 0.1) is 5.92 Å². The summed E-state index contributed by atoms with van der Waals surface area (Å²) in [5.41, 5.74) is -0.774. The van der Waals surface area contributed by atoms with Crippen LogP contribution in [0.15, 0.2) is 16.6 Å². The molecule has 8 heteroatoms. The summed E-state index contributed by atoms with van der Waals surface area (Å²) in [6.07, 6.45) is 0.0590. The highest BCUT2D eigenvalue weighted by molar-refractivity contribution is 9.10. The van der Waals surface area contributed by atoms with Crippen LogP contribution in [0.2, 0.25) is 0 Å². The van der Waals surface area contributed by atoms with Crippen LogP contribution in [-0.2, 0) is 4.74 Å². The SMILES string of the molecule is CCCC(O)C(OCCC(C)C)Oc1ccc(C(=O)O)c(C(=O)O)c1Br. The molecule has 1 aromatic rings. The van der Waals surface area contributed by atoms with Gasteiger partial charge < -0.3 is 24.8 Å². The Bertz CT molecular complexity index is 630. The molecule has 2 atom stereocenters. The van der Waals surface area contributed by atoms with Crippen molar-refractivity contribution < 1.29 is 34.4 Å². The molecular weight excluding hydrogens is 408 g/mol. The first-order valence-electron chi connectivity index (χ1n) is 8.44. The molecule has 0 aromatic heterocycles. The minimum Gasteiger partial charge on any atom is -0.478 e. The van der Waals surface area contributed by atoms with Gasteiger partial charge in [-0.15, -0.1) is 0 Å². The van der Waals surface area contributed by atoms with Crippen LogP contribution in [0.3, 0.4) is 0 Å². The van der Waals surface area contributed by atoms with E-state index in [1.807, 2.05) is 20.8 Å². The van der Waals surface area contributed by atoms with Gasteiger partial charge in [-0.1, -0.05) is 27.2 Å². The Hall–Kier alpha value is -1.64. The lowest BCUT2D eigenvalue weighted by Crippen LogP contribution is -2.35. The largest absolute Gasteiger partial charge is 0.478 e. The van der Waals surface area contributed by atoms with Crippen LogP contribution in [0.4, 0.5) is 0 Å². The Kier molecular flexibility index (Phi) is 9.04. The predicted octanol–water partition coefficient (Wildman–Crippen LogP) is 3.77. The Balaban J connectivity index is 3.11. The third kappa shape index (κ3) is 6.26. The molecule has 0 aliphatic rings. The van der Waals surface area contributed by atoms with Crippen LogP contribution in [0.1, 0.15) is 60.7 Å². The van der Waals surface area contributed by atoms with Crippen molar-refractivity contribution in [2.75, 3.05) is 6.61 Å². The van der Waals surface area contributed by atoms with Crippen molar-refractivity contribution in [3.63, 3.8) is 0 Å². The van der Waals surface area contributed by atoms with E-state index >= 15 is 0 Å². The standard InChI is InChI=1S/C18H25BrO7/c1-4-5-12(20)18(25-9-8-10(2)3)26-13-7-6-11(16(21)22)14(15(13)19)17(23)24/h6-7,10,12,18,20H,4-5,8-9H2,1-3H3,(H,21,22)(H,23,24). The number of hydrogen-bond donors (Lipinski definition) is 3. The van der Waals surface area contributed by atoms with Crippen molar-refractivity contribution >= 4 is 27.9 Å². The molecule has 3 N–H and O–H groups in total. The van der Waals surface area contributed by atoms with Gasteiger partial charge in [0, 0.05) is 0 Å². The van der Waals surface area contributed by atoms with Crippen molar-refractivity contribution in [1.82, 2.24) is 0 Å². The van der Waals surface area contributed by atoms with Crippen molar-refractivity contribution in [2.45, 2.75) is 52.4 Å². The van der Waals surface area contributed by atoms with Crippen LogP contribution in [0.25, 0.3) is 0 Å². The molecule has 0 spiro atoms. The van der Waals surface area contributed by atoms with E-state index in [9.17, 15) is 19.8 Å². The van der Waals surface area contributed by atoms with Crippen LogP contribution < -0.4 is 4.74 Å². The lowest BCUT2D eigenvalue weighted by atomic mass is 10.1. The average molecular weight is 433 g/mol. The Morgan fingerprint density at radius 1 is 1.15 bits per heavy atom. The summed E-state index contributed by atoms with van der Waals surface area (Å²) in [6, 6.07) is 2.50. The molecule has 0 aliphatic heterocycles. The van der Waals surface area contributed by atoms with Gasteiger partial charge in [-0.05, 0) is 46.8 Å². The zero-order valence-electron chi connectivity index (χ0n) is 15.1. The highest BCUT2D eigenvalue weighted by Crippen LogP contribution is 2.33. The summed E-state index contributed by atoms with van der Waals surface area (Å²) in [4.78, 5) is 22.7. The number of rotatable bonds is 11. The number of aliphatic hydroxyl groups is 1. The average Bonchev–Trinajstić information content (AvgIpc) is 2.54. The molecule has 0 saturated carbocycles. The fourth-order valence-electron chi connectivity index (χ4n) is 2.24. The number of halogens is 1. The molecule has 0 aliphatic carbocycles. The lowest BCUT2D eigenvalue weighted by Gasteiger charge is -2.25. The zero-order valence-corrected chi connectivity index (χ0v) is 16.7. The van der Waals surface area contributed by atoms with E-state index < -0.39 is 29.9 Å². The number of benzene rings is 1. The number of aromatic carboxylic acids is 2. The first-order valence-corrected chi connectivity index (χ1v) is 9.23. The van der Waals surface area contributed by atoms with Crippen molar-refractivity contribution in [3.05, 3.63) is 27.7 Å². The maximum Gasteiger partial charge on any atom is 0.337 e. The molecule has 7 nitrogen and oxygen atoms in total. The highest BCUT2D eigenvalue weighted by Gasteiger charge is 2.26. The van der Waals surface area contributed by atoms with Crippen molar-refractivity contribution in [1.29, 1.82) is 0 Å². The maximum atomic E-state index is 11.4. The molecule has 1 rings (SSSR count). The van der Waals surface area contributed by atoms with E-state index in [0.717, 1.165) is 12.5 Å². The van der Waals surface area contributed by atoms with E-state index in [4.69, 9.17) is 14.6 Å². The minimum absolute atomic E-state index is 0.00828. The van der Waals surface area contributed by atoms with Gasteiger partial charge in [0.05, 0.1) is 22.2 Å². The second-order valence-corrected chi connectivity index (χ2v) is 7.10. The first kappa shape index (κ1) is 22.4. The molecule has 1 aromatic carbocycles. The number of carboxylic acid groups (broad SMARTS) is 2. The lowest BCUT2D eigenvalue weighted by molar-refractivity contribution is -0.148. The normalized spacial score (nSPS) is 13.5. The summed E-state index contributed by atoms with van der Waals surface area (Å²) in [6.45, 7) is 6.37. The zero-order chi connectivity index (χ0) is 19.9. The third-order valence-corrected chi connectivity index (χ3v) is 4.46. The molecule has 0 fully saturated rings. The number of aliphatic hydroxyl groups excluding tert-OH is 1. The summed E-state index contributed by atoms with van der Waals surface area (Å²) in [5, 5.41) is 28.7. The summed E-state index contributed by atoms with van der Waals surface area (Å²) >= 11 is 3.10. The fourth-order valence-corrected chi connectivity index (χ4v) is 2.84. The van der Waals surface area contributed by atoms with Gasteiger partial charge in [0.2, 0.25) is 6.29 Å². The molecule has 0 amide bonds. The minimum atomic E-state index is -1.40. The molecule has 26 heavy (non-hydrogen) atoms. The second-order valence-electron chi connectivity index (χ2n) is 6.31. The topological polar surface area (TPSA) is 113 Å². The van der Waals surface area contributed by atoms with Gasteiger partial charge in [-0.2, -0.15) is 0 Å². The maximum absolute atomic E-state index is 11.4. The Labute approximate surface area is 161 Å².